The maximum atomic E-state index is 11.4. The molecule has 96 valence electrons. The van der Waals surface area contributed by atoms with Crippen LogP contribution in [0.25, 0.3) is 0 Å². The van der Waals surface area contributed by atoms with Gasteiger partial charge in [-0.2, -0.15) is 0 Å². The molecule has 0 radical (unpaired) electrons. The van der Waals surface area contributed by atoms with Gasteiger partial charge in [0.1, 0.15) is 5.60 Å². The van der Waals surface area contributed by atoms with Crippen molar-refractivity contribution in [2.24, 2.45) is 23.7 Å². The Balaban J connectivity index is 1.83. The number of rotatable bonds is 2. The Hall–Kier alpha value is -0.530. The molecule has 0 aromatic carbocycles. The van der Waals surface area contributed by atoms with Crippen molar-refractivity contribution in [1.29, 1.82) is 0 Å². The molecule has 0 heterocycles. The van der Waals surface area contributed by atoms with Crippen molar-refractivity contribution in [3.05, 3.63) is 0 Å². The number of fused-ring (bicyclic) bond motifs is 5. The van der Waals surface area contributed by atoms with Crippen molar-refractivity contribution < 1.29 is 9.53 Å². The smallest absolute Gasteiger partial charge is 0.303 e. The van der Waals surface area contributed by atoms with Crippen molar-refractivity contribution >= 4 is 5.97 Å². The van der Waals surface area contributed by atoms with Crippen LogP contribution in [0.15, 0.2) is 0 Å². The van der Waals surface area contributed by atoms with E-state index in [0.717, 1.165) is 30.6 Å². The summed E-state index contributed by atoms with van der Waals surface area (Å²) in [5.41, 5.74) is -0.0883. The van der Waals surface area contributed by atoms with Gasteiger partial charge in [-0.05, 0) is 49.9 Å². The molecule has 3 rings (SSSR count). The molecular formula is C15H24O2. The second-order valence-electron chi connectivity index (χ2n) is 6.43. The molecule has 0 spiro atoms. The molecule has 0 amide bonds. The lowest BCUT2D eigenvalue weighted by Gasteiger charge is -2.45. The zero-order chi connectivity index (χ0) is 12.0. The van der Waals surface area contributed by atoms with Gasteiger partial charge in [-0.3, -0.25) is 4.79 Å². The van der Waals surface area contributed by atoms with Gasteiger partial charge in [0.05, 0.1) is 0 Å². The van der Waals surface area contributed by atoms with Crippen LogP contribution < -0.4 is 0 Å². The highest BCUT2D eigenvalue weighted by Crippen LogP contribution is 2.63. The molecule has 5 unspecified atom stereocenters. The SMILES string of the molecule is CCC1(OC(C)=O)CC2CC1C1CCCCC21. The summed E-state index contributed by atoms with van der Waals surface area (Å²) in [6.07, 6.45) is 9.13. The molecule has 0 aromatic heterocycles. The molecule has 5 atom stereocenters. The summed E-state index contributed by atoms with van der Waals surface area (Å²) >= 11 is 0. The van der Waals surface area contributed by atoms with Gasteiger partial charge in [-0.1, -0.05) is 19.8 Å². The number of esters is 1. The zero-order valence-corrected chi connectivity index (χ0v) is 11.1. The van der Waals surface area contributed by atoms with Crippen LogP contribution in [0.2, 0.25) is 0 Å². The summed E-state index contributed by atoms with van der Waals surface area (Å²) in [4.78, 5) is 11.4. The van der Waals surface area contributed by atoms with E-state index in [1.807, 2.05) is 0 Å². The first kappa shape index (κ1) is 11.6. The molecule has 2 bridgehead atoms. The van der Waals surface area contributed by atoms with Crippen molar-refractivity contribution in [2.75, 3.05) is 0 Å². The van der Waals surface area contributed by atoms with Gasteiger partial charge in [0.25, 0.3) is 0 Å². The highest BCUT2D eigenvalue weighted by atomic mass is 16.6. The van der Waals surface area contributed by atoms with Crippen LogP contribution in [0.1, 0.15) is 58.8 Å². The third kappa shape index (κ3) is 1.63. The Morgan fingerprint density at radius 1 is 1.29 bits per heavy atom. The summed E-state index contributed by atoms with van der Waals surface area (Å²) in [6, 6.07) is 0. The normalized spacial score (nSPS) is 47.9. The Morgan fingerprint density at radius 3 is 2.65 bits per heavy atom. The monoisotopic (exact) mass is 236 g/mol. The van der Waals surface area contributed by atoms with Crippen molar-refractivity contribution in [3.8, 4) is 0 Å². The van der Waals surface area contributed by atoms with Gasteiger partial charge in [0, 0.05) is 12.8 Å². The number of carbonyl (C=O) groups is 1. The summed E-state index contributed by atoms with van der Waals surface area (Å²) in [5.74, 6) is 3.27. The minimum atomic E-state index is -0.0883. The lowest BCUT2D eigenvalue weighted by Crippen LogP contribution is -2.46. The molecule has 2 nitrogen and oxygen atoms in total. The predicted octanol–water partition coefficient (Wildman–Crippen LogP) is 3.54. The first-order chi connectivity index (χ1) is 8.16. The van der Waals surface area contributed by atoms with E-state index in [-0.39, 0.29) is 11.6 Å². The zero-order valence-electron chi connectivity index (χ0n) is 11.1. The van der Waals surface area contributed by atoms with Crippen LogP contribution in [0.3, 0.4) is 0 Å². The molecule has 2 heteroatoms. The average molecular weight is 236 g/mol. The maximum Gasteiger partial charge on any atom is 0.303 e. The van der Waals surface area contributed by atoms with Crippen molar-refractivity contribution in [1.82, 2.24) is 0 Å². The quantitative estimate of drug-likeness (QED) is 0.685. The standard InChI is InChI=1S/C15H24O2/c1-3-15(17-10(2)16)9-11-8-14(15)13-7-5-4-6-12(11)13/h11-14H,3-9H2,1-2H3. The Bertz CT molecular complexity index is 325. The van der Waals surface area contributed by atoms with E-state index in [1.165, 1.54) is 32.1 Å². The molecule has 3 aliphatic carbocycles. The summed E-state index contributed by atoms with van der Waals surface area (Å²) in [5, 5.41) is 0. The molecule has 3 fully saturated rings. The number of carbonyl (C=O) groups excluding carboxylic acids is 1. The van der Waals surface area contributed by atoms with Crippen LogP contribution in [0, 0.1) is 23.7 Å². The highest BCUT2D eigenvalue weighted by Gasteiger charge is 2.60. The second kappa shape index (κ2) is 4.00. The van der Waals surface area contributed by atoms with Crippen LogP contribution in [-0.2, 0) is 9.53 Å². The number of ether oxygens (including phenoxy) is 1. The molecular weight excluding hydrogens is 212 g/mol. The van der Waals surface area contributed by atoms with E-state index in [0.29, 0.717) is 5.92 Å². The maximum absolute atomic E-state index is 11.4. The molecule has 3 aliphatic rings. The lowest BCUT2D eigenvalue weighted by molar-refractivity contribution is -0.169. The van der Waals surface area contributed by atoms with E-state index >= 15 is 0 Å². The van der Waals surface area contributed by atoms with Crippen molar-refractivity contribution in [3.63, 3.8) is 0 Å². The van der Waals surface area contributed by atoms with Gasteiger partial charge in [-0.25, -0.2) is 0 Å². The van der Waals surface area contributed by atoms with Crippen LogP contribution in [0.4, 0.5) is 0 Å². The van der Waals surface area contributed by atoms with E-state index in [1.54, 1.807) is 6.92 Å². The summed E-state index contributed by atoms with van der Waals surface area (Å²) in [7, 11) is 0. The molecule has 0 saturated heterocycles. The molecule has 0 N–H and O–H groups in total. The predicted molar refractivity (Wildman–Crippen MR) is 66.5 cm³/mol. The van der Waals surface area contributed by atoms with Gasteiger partial charge in [0.2, 0.25) is 0 Å². The van der Waals surface area contributed by atoms with Gasteiger partial charge >= 0.3 is 5.97 Å². The van der Waals surface area contributed by atoms with Gasteiger partial charge in [0.15, 0.2) is 0 Å². The van der Waals surface area contributed by atoms with Gasteiger partial charge in [-0.15, -0.1) is 0 Å². The third-order valence-corrected chi connectivity index (χ3v) is 5.78. The second-order valence-corrected chi connectivity index (χ2v) is 6.43. The fourth-order valence-electron chi connectivity index (χ4n) is 5.27. The Kier molecular flexibility index (Phi) is 2.72. The largest absolute Gasteiger partial charge is 0.459 e. The lowest BCUT2D eigenvalue weighted by atomic mass is 9.65. The van der Waals surface area contributed by atoms with Crippen molar-refractivity contribution in [2.45, 2.75) is 64.4 Å². The Labute approximate surface area is 104 Å². The molecule has 0 aromatic rings. The minimum Gasteiger partial charge on any atom is -0.459 e. The van der Waals surface area contributed by atoms with Crippen LogP contribution in [0.5, 0.6) is 0 Å². The molecule has 3 saturated carbocycles. The number of hydrogen-bond acceptors (Lipinski definition) is 2. The van der Waals surface area contributed by atoms with E-state index in [4.69, 9.17) is 4.74 Å². The first-order valence-corrected chi connectivity index (χ1v) is 7.36. The topological polar surface area (TPSA) is 26.3 Å². The third-order valence-electron chi connectivity index (χ3n) is 5.78. The first-order valence-electron chi connectivity index (χ1n) is 7.36. The minimum absolute atomic E-state index is 0.0771. The van der Waals surface area contributed by atoms with E-state index in [9.17, 15) is 4.79 Å². The van der Waals surface area contributed by atoms with E-state index < -0.39 is 0 Å². The molecule has 17 heavy (non-hydrogen) atoms. The van der Waals surface area contributed by atoms with Gasteiger partial charge < -0.3 is 4.74 Å². The van der Waals surface area contributed by atoms with Crippen LogP contribution in [-0.4, -0.2) is 11.6 Å². The fraction of sp³-hybridized carbons (Fsp3) is 0.933. The number of hydrogen-bond donors (Lipinski definition) is 0. The summed E-state index contributed by atoms with van der Waals surface area (Å²) < 4.78 is 5.79. The van der Waals surface area contributed by atoms with Crippen LogP contribution >= 0.6 is 0 Å². The average Bonchev–Trinajstić information content (AvgIpc) is 2.85. The summed E-state index contributed by atoms with van der Waals surface area (Å²) in [6.45, 7) is 3.77. The van der Waals surface area contributed by atoms with E-state index in [2.05, 4.69) is 6.92 Å². The molecule has 0 aliphatic heterocycles. The fourth-order valence-corrected chi connectivity index (χ4v) is 5.27. The Morgan fingerprint density at radius 2 is 2.00 bits per heavy atom. The highest BCUT2D eigenvalue weighted by molar-refractivity contribution is 5.66.